The Morgan fingerprint density at radius 1 is 0.938 bits per heavy atom. The summed E-state index contributed by atoms with van der Waals surface area (Å²) in [6, 6.07) is 25.3. The summed E-state index contributed by atoms with van der Waals surface area (Å²) in [5.41, 5.74) is 3.08. The van der Waals surface area contributed by atoms with Crippen LogP contribution in [0.3, 0.4) is 0 Å². The second-order valence-corrected chi connectivity index (χ2v) is 9.45. The zero-order valence-electron chi connectivity index (χ0n) is 17.9. The van der Waals surface area contributed by atoms with Gasteiger partial charge in [0.1, 0.15) is 0 Å². The third kappa shape index (κ3) is 4.36. The molecule has 0 fully saturated rings. The maximum atomic E-state index is 13.1. The third-order valence-electron chi connectivity index (χ3n) is 5.32. The van der Waals surface area contributed by atoms with E-state index < -0.39 is 10.0 Å². The highest BCUT2D eigenvalue weighted by molar-refractivity contribution is 7.90. The Morgan fingerprint density at radius 2 is 1.59 bits per heavy atom. The van der Waals surface area contributed by atoms with Crippen LogP contribution in [0.15, 0.2) is 95.9 Å². The Bertz CT molecular complexity index is 1390. The third-order valence-corrected chi connectivity index (χ3v) is 7.16. The Hall–Kier alpha value is -3.64. The number of fused-ring (bicyclic) bond motifs is 1. The second-order valence-electron chi connectivity index (χ2n) is 7.66. The molecule has 5 nitrogen and oxygen atoms in total. The van der Waals surface area contributed by atoms with Gasteiger partial charge in [-0.05, 0) is 61.4 Å². The minimum absolute atomic E-state index is 0.101. The fourth-order valence-corrected chi connectivity index (χ4v) is 5.30. The first-order chi connectivity index (χ1) is 15.4. The molecule has 1 aromatic heterocycles. The zero-order chi connectivity index (χ0) is 22.7. The van der Waals surface area contributed by atoms with Gasteiger partial charge in [0.2, 0.25) is 5.91 Å². The Morgan fingerprint density at radius 3 is 2.28 bits per heavy atom. The molecule has 1 unspecified atom stereocenters. The lowest BCUT2D eigenvalue weighted by Gasteiger charge is -2.12. The van der Waals surface area contributed by atoms with E-state index in [1.807, 2.05) is 55.5 Å². The summed E-state index contributed by atoms with van der Waals surface area (Å²) < 4.78 is 27.7. The highest BCUT2D eigenvalue weighted by Crippen LogP contribution is 2.26. The molecule has 4 rings (SSSR count). The van der Waals surface area contributed by atoms with E-state index in [9.17, 15) is 13.2 Å². The van der Waals surface area contributed by atoms with E-state index >= 15 is 0 Å². The largest absolute Gasteiger partial charge is 0.346 e. The summed E-state index contributed by atoms with van der Waals surface area (Å²) in [7, 11) is -3.70. The first kappa shape index (κ1) is 21.6. The number of hydrogen-bond donors (Lipinski definition) is 1. The molecule has 0 saturated carbocycles. The molecule has 6 heteroatoms. The normalized spacial score (nSPS) is 12.8. The Balaban J connectivity index is 1.57. The summed E-state index contributed by atoms with van der Waals surface area (Å²) >= 11 is 0. The number of amides is 1. The number of carbonyl (C=O) groups excluding carboxylic acids is 1. The van der Waals surface area contributed by atoms with Crippen molar-refractivity contribution < 1.29 is 13.2 Å². The van der Waals surface area contributed by atoms with Crippen LogP contribution >= 0.6 is 0 Å². The molecule has 0 bridgehead atoms. The lowest BCUT2D eigenvalue weighted by Crippen LogP contribution is -2.24. The Kier molecular flexibility index (Phi) is 5.97. The molecule has 0 aliphatic carbocycles. The molecule has 3 aromatic carbocycles. The van der Waals surface area contributed by atoms with E-state index in [0.717, 1.165) is 16.5 Å². The van der Waals surface area contributed by atoms with Crippen molar-refractivity contribution in [2.75, 3.05) is 0 Å². The van der Waals surface area contributed by atoms with E-state index in [1.165, 1.54) is 10.0 Å². The van der Waals surface area contributed by atoms with Crippen molar-refractivity contribution in [3.05, 3.63) is 108 Å². The minimum Gasteiger partial charge on any atom is -0.346 e. The van der Waals surface area contributed by atoms with Gasteiger partial charge < -0.3 is 5.32 Å². The number of carbonyl (C=O) groups is 1. The van der Waals surface area contributed by atoms with Gasteiger partial charge in [-0.2, -0.15) is 0 Å². The molecule has 1 N–H and O–H groups in total. The lowest BCUT2D eigenvalue weighted by molar-refractivity contribution is -0.117. The predicted molar refractivity (Wildman–Crippen MR) is 128 cm³/mol. The number of nitrogens with one attached hydrogen (secondary N) is 1. The number of aryl methyl sites for hydroxylation is 1. The van der Waals surface area contributed by atoms with Crippen LogP contribution in [0.2, 0.25) is 0 Å². The molecule has 1 atom stereocenters. The van der Waals surface area contributed by atoms with Crippen molar-refractivity contribution in [3.63, 3.8) is 0 Å². The molecule has 0 aliphatic rings. The van der Waals surface area contributed by atoms with Crippen LogP contribution in [0.5, 0.6) is 0 Å². The molecule has 32 heavy (non-hydrogen) atoms. The fourth-order valence-electron chi connectivity index (χ4n) is 3.73. The van der Waals surface area contributed by atoms with Crippen LogP contribution in [0.25, 0.3) is 17.0 Å². The zero-order valence-corrected chi connectivity index (χ0v) is 18.7. The van der Waals surface area contributed by atoms with Crippen LogP contribution in [0.1, 0.15) is 29.8 Å². The van der Waals surface area contributed by atoms with Gasteiger partial charge in [0, 0.05) is 17.2 Å². The molecule has 4 aromatic rings. The fraction of sp³-hybridized carbons (Fsp3) is 0.115. The quantitative estimate of drug-likeness (QED) is 0.422. The van der Waals surface area contributed by atoms with Gasteiger partial charge in [-0.3, -0.25) is 4.79 Å². The predicted octanol–water partition coefficient (Wildman–Crippen LogP) is 5.08. The molecule has 0 aliphatic heterocycles. The van der Waals surface area contributed by atoms with Crippen molar-refractivity contribution in [2.45, 2.75) is 24.8 Å². The summed E-state index contributed by atoms with van der Waals surface area (Å²) in [5.74, 6) is -0.193. The maximum Gasteiger partial charge on any atom is 0.268 e. The van der Waals surface area contributed by atoms with Crippen molar-refractivity contribution >= 4 is 32.9 Å². The van der Waals surface area contributed by atoms with Crippen molar-refractivity contribution in [1.82, 2.24) is 9.29 Å². The molecule has 0 spiro atoms. The standard InChI is InChI=1S/C26H24N2O3S/c1-19-17-23-18-21(14-16-26(29)27-20(2)22-9-5-3-6-10-22)13-15-25(23)28(19)32(30,31)24-11-7-4-8-12-24/h3-18,20H,1-2H3,(H,27,29). The van der Waals surface area contributed by atoms with Crippen LogP contribution in [0, 0.1) is 6.92 Å². The van der Waals surface area contributed by atoms with Gasteiger partial charge in [0.25, 0.3) is 10.0 Å². The van der Waals surface area contributed by atoms with Crippen molar-refractivity contribution in [1.29, 1.82) is 0 Å². The van der Waals surface area contributed by atoms with Gasteiger partial charge in [-0.25, -0.2) is 12.4 Å². The average molecular weight is 445 g/mol. The van der Waals surface area contributed by atoms with E-state index in [4.69, 9.17) is 0 Å². The van der Waals surface area contributed by atoms with Crippen LogP contribution in [-0.4, -0.2) is 18.3 Å². The monoisotopic (exact) mass is 444 g/mol. The minimum atomic E-state index is -3.70. The van der Waals surface area contributed by atoms with E-state index in [2.05, 4.69) is 5.32 Å². The van der Waals surface area contributed by atoms with Crippen molar-refractivity contribution in [2.24, 2.45) is 0 Å². The number of benzene rings is 3. The SMILES string of the molecule is Cc1cc2cc(C=CC(=O)NC(C)c3ccccc3)ccc2n1S(=O)(=O)c1ccccc1. The average Bonchev–Trinajstić information content (AvgIpc) is 3.14. The maximum absolute atomic E-state index is 13.1. The molecular weight excluding hydrogens is 420 g/mol. The topological polar surface area (TPSA) is 68.2 Å². The molecule has 1 heterocycles. The molecule has 1 amide bonds. The smallest absolute Gasteiger partial charge is 0.268 e. The highest BCUT2D eigenvalue weighted by Gasteiger charge is 2.21. The van der Waals surface area contributed by atoms with Gasteiger partial charge in [-0.15, -0.1) is 0 Å². The number of hydrogen-bond acceptors (Lipinski definition) is 3. The first-order valence-electron chi connectivity index (χ1n) is 10.3. The summed E-state index contributed by atoms with van der Waals surface area (Å²) in [6.45, 7) is 3.71. The summed E-state index contributed by atoms with van der Waals surface area (Å²) in [4.78, 5) is 12.6. The second kappa shape index (κ2) is 8.85. The van der Waals surface area contributed by atoms with E-state index in [-0.39, 0.29) is 16.8 Å². The van der Waals surface area contributed by atoms with E-state index in [1.54, 1.807) is 49.4 Å². The van der Waals surface area contributed by atoms with Crippen LogP contribution in [-0.2, 0) is 14.8 Å². The van der Waals surface area contributed by atoms with Crippen LogP contribution in [0.4, 0.5) is 0 Å². The molecule has 162 valence electrons. The summed E-state index contributed by atoms with van der Waals surface area (Å²) in [6.07, 6.45) is 3.22. The van der Waals surface area contributed by atoms with Gasteiger partial charge in [-0.1, -0.05) is 54.6 Å². The molecule has 0 saturated heterocycles. The van der Waals surface area contributed by atoms with Crippen LogP contribution < -0.4 is 5.32 Å². The number of nitrogens with zero attached hydrogens (tertiary/aromatic N) is 1. The summed E-state index contributed by atoms with van der Waals surface area (Å²) in [5, 5.41) is 3.74. The molecular formula is C26H24N2O3S. The lowest BCUT2D eigenvalue weighted by atomic mass is 10.1. The van der Waals surface area contributed by atoms with Crippen molar-refractivity contribution in [3.8, 4) is 0 Å². The van der Waals surface area contributed by atoms with Gasteiger partial charge in [0.15, 0.2) is 0 Å². The van der Waals surface area contributed by atoms with Gasteiger partial charge >= 0.3 is 0 Å². The van der Waals surface area contributed by atoms with E-state index in [0.29, 0.717) is 11.2 Å². The van der Waals surface area contributed by atoms with Gasteiger partial charge in [0.05, 0.1) is 16.5 Å². The Labute approximate surface area is 188 Å². The first-order valence-corrected chi connectivity index (χ1v) is 11.8. The number of aromatic nitrogens is 1. The highest BCUT2D eigenvalue weighted by atomic mass is 32.2. The number of rotatable bonds is 6. The molecule has 0 radical (unpaired) electrons.